The highest BCUT2D eigenvalue weighted by Gasteiger charge is 2.07. The van der Waals surface area contributed by atoms with Gasteiger partial charge in [-0.15, -0.1) is 6.58 Å². The Labute approximate surface area is 95.7 Å². The molecule has 0 rings (SSSR count). The van der Waals surface area contributed by atoms with E-state index in [4.69, 9.17) is 0 Å². The average Bonchev–Trinajstić information content (AvgIpc) is 2.17. The SMILES string of the molecule is C=CCCCN(C)C(C)CNCC(C)C. The van der Waals surface area contributed by atoms with E-state index in [-0.39, 0.29) is 0 Å². The molecule has 0 saturated heterocycles. The highest BCUT2D eigenvalue weighted by Crippen LogP contribution is 1.99. The molecule has 90 valence electrons. The Balaban J connectivity index is 3.50. The van der Waals surface area contributed by atoms with Crippen LogP contribution in [0.3, 0.4) is 0 Å². The maximum Gasteiger partial charge on any atom is 0.0189 e. The maximum atomic E-state index is 3.74. The largest absolute Gasteiger partial charge is 0.315 e. The lowest BCUT2D eigenvalue weighted by molar-refractivity contribution is 0.247. The van der Waals surface area contributed by atoms with Crippen molar-refractivity contribution in [3.8, 4) is 0 Å². The smallest absolute Gasteiger partial charge is 0.0189 e. The van der Waals surface area contributed by atoms with Gasteiger partial charge in [-0.3, -0.25) is 0 Å². The summed E-state index contributed by atoms with van der Waals surface area (Å²) in [6.45, 7) is 13.9. The molecular formula is C13H28N2. The molecule has 0 heterocycles. The van der Waals surface area contributed by atoms with Crippen LogP contribution in [0.15, 0.2) is 12.7 Å². The summed E-state index contributed by atoms with van der Waals surface area (Å²) in [7, 11) is 2.20. The van der Waals surface area contributed by atoms with E-state index in [0.717, 1.165) is 32.0 Å². The van der Waals surface area contributed by atoms with Crippen molar-refractivity contribution in [1.82, 2.24) is 10.2 Å². The van der Waals surface area contributed by atoms with Crippen molar-refractivity contribution in [2.24, 2.45) is 5.92 Å². The first kappa shape index (κ1) is 14.7. The third kappa shape index (κ3) is 8.64. The van der Waals surface area contributed by atoms with E-state index >= 15 is 0 Å². The van der Waals surface area contributed by atoms with Crippen LogP contribution in [-0.2, 0) is 0 Å². The molecule has 0 bridgehead atoms. The minimum Gasteiger partial charge on any atom is -0.315 e. The third-order valence-corrected chi connectivity index (χ3v) is 2.66. The van der Waals surface area contributed by atoms with Gasteiger partial charge >= 0.3 is 0 Å². The van der Waals surface area contributed by atoms with Crippen molar-refractivity contribution in [3.05, 3.63) is 12.7 Å². The first-order valence-electron chi connectivity index (χ1n) is 6.09. The van der Waals surface area contributed by atoms with Crippen LogP contribution in [0.5, 0.6) is 0 Å². The van der Waals surface area contributed by atoms with Crippen LogP contribution in [0, 0.1) is 5.92 Å². The molecule has 0 aromatic heterocycles. The normalized spacial score (nSPS) is 13.5. The number of hydrogen-bond donors (Lipinski definition) is 1. The predicted octanol–water partition coefficient (Wildman–Crippen LogP) is 2.52. The molecule has 2 nitrogen and oxygen atoms in total. The summed E-state index contributed by atoms with van der Waals surface area (Å²) in [6.07, 6.45) is 4.33. The zero-order valence-electron chi connectivity index (χ0n) is 10.9. The monoisotopic (exact) mass is 212 g/mol. The lowest BCUT2D eigenvalue weighted by atomic mass is 10.2. The molecule has 0 aliphatic carbocycles. The van der Waals surface area contributed by atoms with Crippen LogP contribution >= 0.6 is 0 Å². The number of nitrogens with one attached hydrogen (secondary N) is 1. The summed E-state index contributed by atoms with van der Waals surface area (Å²) >= 11 is 0. The third-order valence-electron chi connectivity index (χ3n) is 2.66. The molecule has 0 aliphatic rings. The van der Waals surface area contributed by atoms with Crippen LogP contribution in [0.25, 0.3) is 0 Å². The van der Waals surface area contributed by atoms with Gasteiger partial charge in [0, 0.05) is 12.6 Å². The van der Waals surface area contributed by atoms with Gasteiger partial charge < -0.3 is 10.2 Å². The highest BCUT2D eigenvalue weighted by molar-refractivity contribution is 4.70. The summed E-state index contributed by atoms with van der Waals surface area (Å²) < 4.78 is 0. The van der Waals surface area contributed by atoms with Gasteiger partial charge in [0.05, 0.1) is 0 Å². The molecular weight excluding hydrogens is 184 g/mol. The molecule has 0 saturated carbocycles. The Bertz CT molecular complexity index is 155. The Hall–Kier alpha value is -0.340. The molecule has 1 atom stereocenters. The molecule has 0 aliphatic heterocycles. The van der Waals surface area contributed by atoms with Crippen molar-refractivity contribution >= 4 is 0 Å². The first-order valence-corrected chi connectivity index (χ1v) is 6.09. The molecule has 1 unspecified atom stereocenters. The van der Waals surface area contributed by atoms with Gasteiger partial charge in [0.1, 0.15) is 0 Å². The van der Waals surface area contributed by atoms with Gasteiger partial charge in [-0.2, -0.15) is 0 Å². The van der Waals surface area contributed by atoms with E-state index in [9.17, 15) is 0 Å². The lowest BCUT2D eigenvalue weighted by Crippen LogP contribution is -2.39. The molecule has 0 radical (unpaired) electrons. The Morgan fingerprint density at radius 1 is 1.27 bits per heavy atom. The number of rotatable bonds is 9. The van der Waals surface area contributed by atoms with Crippen LogP contribution < -0.4 is 5.32 Å². The van der Waals surface area contributed by atoms with Crippen LogP contribution in [0.1, 0.15) is 33.6 Å². The minimum absolute atomic E-state index is 0.619. The molecule has 0 aromatic rings. The Morgan fingerprint density at radius 2 is 1.93 bits per heavy atom. The second-order valence-electron chi connectivity index (χ2n) is 4.81. The summed E-state index contributed by atoms with van der Waals surface area (Å²) in [6, 6.07) is 0.619. The van der Waals surface area contributed by atoms with Crippen molar-refractivity contribution in [3.63, 3.8) is 0 Å². The Morgan fingerprint density at radius 3 is 2.47 bits per heavy atom. The molecule has 0 aromatic carbocycles. The highest BCUT2D eigenvalue weighted by atomic mass is 15.1. The zero-order chi connectivity index (χ0) is 11.7. The summed E-state index contributed by atoms with van der Waals surface area (Å²) in [5, 5.41) is 3.49. The van der Waals surface area contributed by atoms with Crippen molar-refractivity contribution in [2.45, 2.75) is 39.7 Å². The van der Waals surface area contributed by atoms with Gasteiger partial charge in [-0.25, -0.2) is 0 Å². The number of hydrogen-bond acceptors (Lipinski definition) is 2. The molecule has 0 amide bonds. The fourth-order valence-electron chi connectivity index (χ4n) is 1.44. The van der Waals surface area contributed by atoms with E-state index in [1.807, 2.05) is 6.08 Å². The standard InChI is InChI=1S/C13H28N2/c1-6-7-8-9-15(5)13(4)11-14-10-12(2)3/h6,12-14H,1,7-11H2,2-5H3. The van der Waals surface area contributed by atoms with Crippen LogP contribution in [-0.4, -0.2) is 37.6 Å². The maximum absolute atomic E-state index is 3.74. The number of likely N-dealkylation sites (N-methyl/N-ethyl adjacent to an activating group) is 1. The quantitative estimate of drug-likeness (QED) is 0.467. The summed E-state index contributed by atoms with van der Waals surface area (Å²) in [4.78, 5) is 2.41. The van der Waals surface area contributed by atoms with E-state index in [1.54, 1.807) is 0 Å². The number of nitrogens with zero attached hydrogens (tertiary/aromatic N) is 1. The van der Waals surface area contributed by atoms with E-state index in [1.165, 1.54) is 6.42 Å². The Kier molecular flexibility index (Phi) is 8.73. The second kappa shape index (κ2) is 8.93. The number of allylic oxidation sites excluding steroid dienone is 1. The van der Waals surface area contributed by atoms with Gasteiger partial charge in [0.25, 0.3) is 0 Å². The predicted molar refractivity (Wildman–Crippen MR) is 69.2 cm³/mol. The zero-order valence-corrected chi connectivity index (χ0v) is 10.9. The fourth-order valence-corrected chi connectivity index (χ4v) is 1.44. The van der Waals surface area contributed by atoms with Gasteiger partial charge in [0.15, 0.2) is 0 Å². The van der Waals surface area contributed by atoms with Crippen molar-refractivity contribution < 1.29 is 0 Å². The topological polar surface area (TPSA) is 15.3 Å². The molecule has 0 spiro atoms. The fraction of sp³-hybridized carbons (Fsp3) is 0.846. The summed E-state index contributed by atoms with van der Waals surface area (Å²) in [5.41, 5.74) is 0. The first-order chi connectivity index (χ1) is 7.07. The van der Waals surface area contributed by atoms with E-state index < -0.39 is 0 Å². The minimum atomic E-state index is 0.619. The summed E-state index contributed by atoms with van der Waals surface area (Å²) in [5.74, 6) is 0.739. The van der Waals surface area contributed by atoms with Crippen LogP contribution in [0.4, 0.5) is 0 Å². The van der Waals surface area contributed by atoms with Gasteiger partial charge in [-0.05, 0) is 45.8 Å². The van der Waals surface area contributed by atoms with E-state index in [0.29, 0.717) is 6.04 Å². The molecule has 1 N–H and O–H groups in total. The molecule has 2 heteroatoms. The van der Waals surface area contributed by atoms with Crippen molar-refractivity contribution in [2.75, 3.05) is 26.7 Å². The average molecular weight is 212 g/mol. The van der Waals surface area contributed by atoms with Crippen LogP contribution in [0.2, 0.25) is 0 Å². The van der Waals surface area contributed by atoms with Crippen molar-refractivity contribution in [1.29, 1.82) is 0 Å². The second-order valence-corrected chi connectivity index (χ2v) is 4.81. The molecule has 0 fully saturated rings. The van der Waals surface area contributed by atoms with E-state index in [2.05, 4.69) is 44.6 Å². The van der Waals surface area contributed by atoms with Gasteiger partial charge in [-0.1, -0.05) is 19.9 Å². The number of unbranched alkanes of at least 4 members (excludes halogenated alkanes) is 1. The molecule has 15 heavy (non-hydrogen) atoms. The lowest BCUT2D eigenvalue weighted by Gasteiger charge is -2.25. The van der Waals surface area contributed by atoms with Gasteiger partial charge in [0.2, 0.25) is 0 Å².